The van der Waals surface area contributed by atoms with Gasteiger partial charge in [0.2, 0.25) is 0 Å². The first-order valence-electron chi connectivity index (χ1n) is 7.21. The van der Waals surface area contributed by atoms with Gasteiger partial charge >= 0.3 is 0 Å². The van der Waals surface area contributed by atoms with E-state index in [4.69, 9.17) is 5.73 Å². The van der Waals surface area contributed by atoms with Gasteiger partial charge in [-0.15, -0.1) is 0 Å². The molecule has 1 heterocycles. The minimum atomic E-state index is -0.0429. The summed E-state index contributed by atoms with van der Waals surface area (Å²) >= 11 is 0. The quantitative estimate of drug-likeness (QED) is 0.847. The maximum absolute atomic E-state index is 9.57. The molecule has 1 aromatic rings. The van der Waals surface area contributed by atoms with Crippen LogP contribution in [-0.4, -0.2) is 42.3 Å². The van der Waals surface area contributed by atoms with E-state index in [2.05, 4.69) is 43.0 Å². The lowest BCUT2D eigenvalue weighted by Gasteiger charge is -2.36. The van der Waals surface area contributed by atoms with Crippen LogP contribution < -0.4 is 5.73 Å². The third kappa shape index (κ3) is 2.99. The fraction of sp³-hybridized carbons (Fsp3) is 0.625. The molecule has 1 saturated heterocycles. The monoisotopic (exact) mass is 262 g/mol. The van der Waals surface area contributed by atoms with E-state index in [1.165, 1.54) is 12.0 Å². The lowest BCUT2D eigenvalue weighted by molar-refractivity contribution is 0.120. The Morgan fingerprint density at radius 1 is 1.37 bits per heavy atom. The summed E-state index contributed by atoms with van der Waals surface area (Å²) in [6.07, 6.45) is 1.17. The number of aliphatic hydroxyl groups is 1. The van der Waals surface area contributed by atoms with Gasteiger partial charge in [0.25, 0.3) is 0 Å². The number of benzene rings is 1. The summed E-state index contributed by atoms with van der Waals surface area (Å²) in [4.78, 5) is 2.41. The summed E-state index contributed by atoms with van der Waals surface area (Å²) in [5.74, 6) is 0.572. The Morgan fingerprint density at radius 2 is 2.05 bits per heavy atom. The number of hydrogen-bond donors (Lipinski definition) is 2. The van der Waals surface area contributed by atoms with Gasteiger partial charge in [0.1, 0.15) is 0 Å². The van der Waals surface area contributed by atoms with E-state index in [0.29, 0.717) is 12.5 Å². The molecule has 3 N–H and O–H groups in total. The zero-order chi connectivity index (χ0) is 13.9. The van der Waals surface area contributed by atoms with Gasteiger partial charge in [-0.3, -0.25) is 4.90 Å². The first-order chi connectivity index (χ1) is 9.10. The van der Waals surface area contributed by atoms with Crippen molar-refractivity contribution in [3.63, 3.8) is 0 Å². The summed E-state index contributed by atoms with van der Waals surface area (Å²) < 4.78 is 0. The van der Waals surface area contributed by atoms with Gasteiger partial charge in [-0.25, -0.2) is 0 Å². The minimum absolute atomic E-state index is 0.0429. The molecule has 1 fully saturated rings. The molecule has 0 aromatic heterocycles. The highest BCUT2D eigenvalue weighted by Gasteiger charge is 2.36. The van der Waals surface area contributed by atoms with Crippen LogP contribution >= 0.6 is 0 Å². The first-order valence-corrected chi connectivity index (χ1v) is 7.21. The van der Waals surface area contributed by atoms with E-state index in [-0.39, 0.29) is 18.1 Å². The van der Waals surface area contributed by atoms with E-state index in [9.17, 15) is 5.11 Å². The van der Waals surface area contributed by atoms with E-state index in [0.717, 1.165) is 13.1 Å². The van der Waals surface area contributed by atoms with E-state index in [1.807, 2.05) is 6.07 Å². The number of likely N-dealkylation sites (tertiary alicyclic amines) is 1. The Balaban J connectivity index is 2.15. The molecule has 3 unspecified atom stereocenters. The number of hydrogen-bond acceptors (Lipinski definition) is 3. The molecule has 106 valence electrons. The van der Waals surface area contributed by atoms with Gasteiger partial charge < -0.3 is 10.8 Å². The Bertz CT molecular complexity index is 395. The molecule has 0 bridgehead atoms. The summed E-state index contributed by atoms with van der Waals surface area (Å²) in [5.41, 5.74) is 7.29. The summed E-state index contributed by atoms with van der Waals surface area (Å²) in [5, 5.41) is 9.57. The average Bonchev–Trinajstić information content (AvgIpc) is 2.79. The van der Waals surface area contributed by atoms with Crippen molar-refractivity contribution in [1.29, 1.82) is 0 Å². The van der Waals surface area contributed by atoms with Crippen molar-refractivity contribution in [3.8, 4) is 0 Å². The second-order valence-corrected chi connectivity index (χ2v) is 6.12. The maximum Gasteiger partial charge on any atom is 0.0589 e. The summed E-state index contributed by atoms with van der Waals surface area (Å²) in [7, 11) is 0. The zero-order valence-corrected chi connectivity index (χ0v) is 12.0. The van der Waals surface area contributed by atoms with Crippen LogP contribution in [0.5, 0.6) is 0 Å². The molecule has 0 amide bonds. The normalized spacial score (nSPS) is 27.4. The highest BCUT2D eigenvalue weighted by molar-refractivity contribution is 5.25. The number of rotatable bonds is 5. The fourth-order valence-electron chi connectivity index (χ4n) is 3.14. The molecule has 19 heavy (non-hydrogen) atoms. The van der Waals surface area contributed by atoms with Gasteiger partial charge in [-0.05, 0) is 24.4 Å². The van der Waals surface area contributed by atoms with Gasteiger partial charge in [-0.1, -0.05) is 44.2 Å². The Labute approximate surface area is 116 Å². The van der Waals surface area contributed by atoms with Crippen molar-refractivity contribution in [2.75, 3.05) is 26.2 Å². The topological polar surface area (TPSA) is 49.5 Å². The molecular formula is C16H26N2O. The van der Waals surface area contributed by atoms with Crippen molar-refractivity contribution < 1.29 is 5.11 Å². The van der Waals surface area contributed by atoms with Crippen molar-refractivity contribution in [2.45, 2.75) is 31.7 Å². The number of nitrogens with zero attached hydrogens (tertiary/aromatic N) is 1. The number of aliphatic hydroxyl groups excluding tert-OH is 1. The van der Waals surface area contributed by atoms with Crippen molar-refractivity contribution in [1.82, 2.24) is 4.90 Å². The average molecular weight is 262 g/mol. The first kappa shape index (κ1) is 14.5. The molecule has 3 atom stereocenters. The van der Waals surface area contributed by atoms with Gasteiger partial charge in [-0.2, -0.15) is 0 Å². The van der Waals surface area contributed by atoms with Crippen LogP contribution in [0.1, 0.15) is 25.8 Å². The van der Waals surface area contributed by atoms with Crippen molar-refractivity contribution in [3.05, 3.63) is 35.9 Å². The number of nitrogens with two attached hydrogens (primary N) is 1. The second-order valence-electron chi connectivity index (χ2n) is 6.12. The lowest BCUT2D eigenvalue weighted by atomic mass is 9.81. The molecule has 3 heteroatoms. The Morgan fingerprint density at radius 3 is 2.63 bits per heavy atom. The Kier molecular flexibility index (Phi) is 4.61. The van der Waals surface area contributed by atoms with Crippen LogP contribution in [0, 0.1) is 5.92 Å². The second kappa shape index (κ2) is 6.04. The van der Waals surface area contributed by atoms with Gasteiger partial charge in [0, 0.05) is 24.5 Å². The molecule has 1 aliphatic rings. The molecule has 3 nitrogen and oxygen atoms in total. The SMILES string of the molecule is CC1CCN(CC(C)(CN)c2ccccc2)C1CO. The minimum Gasteiger partial charge on any atom is -0.395 e. The lowest BCUT2D eigenvalue weighted by Crippen LogP contribution is -2.47. The molecule has 0 spiro atoms. The largest absolute Gasteiger partial charge is 0.395 e. The summed E-state index contributed by atoms with van der Waals surface area (Å²) in [6.45, 7) is 7.30. The van der Waals surface area contributed by atoms with Crippen molar-refractivity contribution in [2.24, 2.45) is 11.7 Å². The maximum atomic E-state index is 9.57. The van der Waals surface area contributed by atoms with Gasteiger partial charge in [0.15, 0.2) is 0 Å². The molecule has 0 aliphatic carbocycles. The van der Waals surface area contributed by atoms with Crippen LogP contribution in [0.25, 0.3) is 0 Å². The van der Waals surface area contributed by atoms with E-state index >= 15 is 0 Å². The third-order valence-corrected chi connectivity index (χ3v) is 4.66. The zero-order valence-electron chi connectivity index (χ0n) is 12.0. The van der Waals surface area contributed by atoms with Crippen LogP contribution in [0.3, 0.4) is 0 Å². The standard InChI is InChI=1S/C16H26N2O/c1-13-8-9-18(15(13)10-19)12-16(2,11-17)14-6-4-3-5-7-14/h3-7,13,15,19H,8-12,17H2,1-2H3. The molecule has 2 rings (SSSR count). The van der Waals surface area contributed by atoms with Crippen LogP contribution in [0.15, 0.2) is 30.3 Å². The van der Waals surface area contributed by atoms with E-state index in [1.54, 1.807) is 0 Å². The van der Waals surface area contributed by atoms with E-state index < -0.39 is 0 Å². The van der Waals surface area contributed by atoms with Gasteiger partial charge in [0.05, 0.1) is 6.61 Å². The predicted molar refractivity (Wildman–Crippen MR) is 79.1 cm³/mol. The predicted octanol–water partition coefficient (Wildman–Crippen LogP) is 1.61. The molecule has 1 aliphatic heterocycles. The van der Waals surface area contributed by atoms with Crippen molar-refractivity contribution >= 4 is 0 Å². The molecule has 0 radical (unpaired) electrons. The molecule has 0 saturated carbocycles. The highest BCUT2D eigenvalue weighted by Crippen LogP contribution is 2.30. The van der Waals surface area contributed by atoms with Crippen LogP contribution in [0.2, 0.25) is 0 Å². The molecule has 1 aromatic carbocycles. The van der Waals surface area contributed by atoms with Crippen LogP contribution in [0.4, 0.5) is 0 Å². The summed E-state index contributed by atoms with van der Waals surface area (Å²) in [6, 6.07) is 10.8. The highest BCUT2D eigenvalue weighted by atomic mass is 16.3. The Hall–Kier alpha value is -0.900. The van der Waals surface area contributed by atoms with Crippen LogP contribution in [-0.2, 0) is 5.41 Å². The molecular weight excluding hydrogens is 236 g/mol. The fourth-order valence-corrected chi connectivity index (χ4v) is 3.14. The smallest absolute Gasteiger partial charge is 0.0589 e. The third-order valence-electron chi connectivity index (χ3n) is 4.66.